The molecule has 3 N–H and O–H groups in total. The van der Waals surface area contributed by atoms with Crippen molar-refractivity contribution in [3.8, 4) is 0 Å². The Hall–Kier alpha value is -2.18. The van der Waals surface area contributed by atoms with Gasteiger partial charge in [0.2, 0.25) is 11.8 Å². The van der Waals surface area contributed by atoms with Crippen LogP contribution in [0.3, 0.4) is 0 Å². The maximum atomic E-state index is 13.1. The summed E-state index contributed by atoms with van der Waals surface area (Å²) in [5.41, 5.74) is 5.72. The Balaban J connectivity index is 1.43. The molecule has 1 spiro atoms. The van der Waals surface area contributed by atoms with Gasteiger partial charge >= 0.3 is 0 Å². The molecule has 2 aliphatic heterocycles. The molecule has 2 amide bonds. The fourth-order valence-corrected chi connectivity index (χ4v) is 4.55. The van der Waals surface area contributed by atoms with Gasteiger partial charge in [-0.25, -0.2) is 5.48 Å². The first kappa shape index (κ1) is 19.2. The van der Waals surface area contributed by atoms with E-state index in [0.717, 1.165) is 32.2 Å². The molecule has 1 aromatic carbocycles. The van der Waals surface area contributed by atoms with Crippen LogP contribution in [-0.4, -0.2) is 47.6 Å². The van der Waals surface area contributed by atoms with Gasteiger partial charge in [-0.2, -0.15) is 0 Å². The SMILES string of the molecule is CCc1ccc(C2=CCN(C(=O)C3NCC4(CC4)CC3C(=O)NO)CC2)cc1. The molecule has 2 heterocycles. The topological polar surface area (TPSA) is 81.7 Å². The summed E-state index contributed by atoms with van der Waals surface area (Å²) >= 11 is 0. The van der Waals surface area contributed by atoms with E-state index in [4.69, 9.17) is 5.21 Å². The largest absolute Gasteiger partial charge is 0.337 e. The van der Waals surface area contributed by atoms with Gasteiger partial charge in [-0.3, -0.25) is 14.8 Å². The summed E-state index contributed by atoms with van der Waals surface area (Å²) in [4.78, 5) is 27.1. The smallest absolute Gasteiger partial charge is 0.248 e. The Morgan fingerprint density at radius 2 is 2.04 bits per heavy atom. The first-order chi connectivity index (χ1) is 13.5. The lowest BCUT2D eigenvalue weighted by atomic mass is 9.81. The maximum absolute atomic E-state index is 13.1. The number of rotatable bonds is 4. The summed E-state index contributed by atoms with van der Waals surface area (Å²) in [7, 11) is 0. The predicted octanol–water partition coefficient (Wildman–Crippen LogP) is 2.13. The van der Waals surface area contributed by atoms with Crippen molar-refractivity contribution in [2.75, 3.05) is 19.6 Å². The van der Waals surface area contributed by atoms with Gasteiger partial charge in [-0.05, 0) is 54.2 Å². The molecular weight excluding hydrogens is 354 g/mol. The molecule has 3 aliphatic rings. The van der Waals surface area contributed by atoms with Gasteiger partial charge in [0, 0.05) is 19.6 Å². The second-order valence-electron chi connectivity index (χ2n) is 8.46. The quantitative estimate of drug-likeness (QED) is 0.550. The van der Waals surface area contributed by atoms with E-state index < -0.39 is 17.9 Å². The molecule has 0 radical (unpaired) electrons. The van der Waals surface area contributed by atoms with Crippen LogP contribution in [0.15, 0.2) is 30.3 Å². The van der Waals surface area contributed by atoms with Crippen molar-refractivity contribution in [3.05, 3.63) is 41.5 Å². The average Bonchev–Trinajstić information content (AvgIpc) is 3.51. The Morgan fingerprint density at radius 3 is 2.61 bits per heavy atom. The highest BCUT2D eigenvalue weighted by atomic mass is 16.5. The molecule has 6 nitrogen and oxygen atoms in total. The molecule has 2 unspecified atom stereocenters. The first-order valence-corrected chi connectivity index (χ1v) is 10.3. The monoisotopic (exact) mass is 383 g/mol. The van der Waals surface area contributed by atoms with Crippen molar-refractivity contribution in [2.45, 2.75) is 45.1 Å². The number of carbonyl (C=O) groups excluding carboxylic acids is 2. The van der Waals surface area contributed by atoms with Gasteiger partial charge in [-0.1, -0.05) is 37.3 Å². The van der Waals surface area contributed by atoms with Crippen molar-refractivity contribution >= 4 is 17.4 Å². The normalized spacial score (nSPS) is 25.9. The van der Waals surface area contributed by atoms with Gasteiger partial charge in [0.15, 0.2) is 0 Å². The van der Waals surface area contributed by atoms with Gasteiger partial charge in [0.1, 0.15) is 0 Å². The molecule has 6 heteroatoms. The van der Waals surface area contributed by atoms with Crippen LogP contribution in [0.5, 0.6) is 0 Å². The minimum absolute atomic E-state index is 0.0410. The summed E-state index contributed by atoms with van der Waals surface area (Å²) in [6.45, 7) is 4.13. The number of nitrogens with one attached hydrogen (secondary N) is 2. The molecule has 1 saturated heterocycles. The number of aryl methyl sites for hydroxylation is 1. The second kappa shape index (κ2) is 7.68. The van der Waals surface area contributed by atoms with E-state index in [0.29, 0.717) is 19.5 Å². The molecular formula is C22H29N3O3. The fraction of sp³-hybridized carbons (Fsp3) is 0.545. The highest BCUT2D eigenvalue weighted by Crippen LogP contribution is 2.52. The summed E-state index contributed by atoms with van der Waals surface area (Å²) in [6.07, 6.45) is 6.80. The average molecular weight is 383 g/mol. The zero-order valence-corrected chi connectivity index (χ0v) is 16.4. The van der Waals surface area contributed by atoms with E-state index in [1.807, 2.05) is 4.90 Å². The molecule has 2 fully saturated rings. The van der Waals surface area contributed by atoms with Gasteiger partial charge < -0.3 is 10.2 Å². The number of hydrogen-bond donors (Lipinski definition) is 3. The van der Waals surface area contributed by atoms with Gasteiger partial charge in [0.05, 0.1) is 12.0 Å². The molecule has 2 atom stereocenters. The van der Waals surface area contributed by atoms with Gasteiger partial charge in [-0.15, -0.1) is 0 Å². The lowest BCUT2D eigenvalue weighted by Gasteiger charge is -2.38. The van der Waals surface area contributed by atoms with E-state index in [-0.39, 0.29) is 11.3 Å². The third-order valence-corrected chi connectivity index (χ3v) is 6.68. The van der Waals surface area contributed by atoms with Crippen LogP contribution in [0.1, 0.15) is 43.7 Å². The summed E-state index contributed by atoms with van der Waals surface area (Å²) in [5, 5.41) is 12.4. The van der Waals surface area contributed by atoms with Crippen molar-refractivity contribution in [3.63, 3.8) is 0 Å². The lowest BCUT2D eigenvalue weighted by molar-refractivity contribution is -0.144. The third kappa shape index (κ3) is 3.71. The van der Waals surface area contributed by atoms with Crippen LogP contribution in [0.25, 0.3) is 5.57 Å². The van der Waals surface area contributed by atoms with E-state index in [2.05, 4.69) is 42.6 Å². The summed E-state index contributed by atoms with van der Waals surface area (Å²) in [5.74, 6) is -1.01. The number of amides is 2. The third-order valence-electron chi connectivity index (χ3n) is 6.68. The van der Waals surface area contributed by atoms with E-state index in [1.54, 1.807) is 5.48 Å². The minimum atomic E-state index is -0.558. The Kier molecular flexibility index (Phi) is 5.25. The fourth-order valence-electron chi connectivity index (χ4n) is 4.55. The van der Waals surface area contributed by atoms with Crippen LogP contribution in [0.4, 0.5) is 0 Å². The van der Waals surface area contributed by atoms with Crippen LogP contribution in [0.2, 0.25) is 0 Å². The molecule has 28 heavy (non-hydrogen) atoms. The molecule has 0 aromatic heterocycles. The zero-order chi connectivity index (χ0) is 19.7. The maximum Gasteiger partial charge on any atom is 0.248 e. The molecule has 1 aliphatic carbocycles. The van der Waals surface area contributed by atoms with Crippen molar-refractivity contribution in [1.29, 1.82) is 0 Å². The standard InChI is InChI=1S/C22H29N3O3/c1-2-15-3-5-16(6-4-15)17-7-11-25(12-8-17)21(27)19-18(20(26)24-28)13-22(9-10-22)14-23-19/h3-7,18-19,23,28H,2,8-14H2,1H3,(H,24,26). The number of benzene rings is 1. The van der Waals surface area contributed by atoms with Crippen LogP contribution >= 0.6 is 0 Å². The van der Waals surface area contributed by atoms with E-state index in [9.17, 15) is 9.59 Å². The molecule has 4 rings (SSSR count). The van der Waals surface area contributed by atoms with Crippen LogP contribution in [0, 0.1) is 11.3 Å². The summed E-state index contributed by atoms with van der Waals surface area (Å²) < 4.78 is 0. The number of nitrogens with zero attached hydrogens (tertiary/aromatic N) is 1. The Labute approximate surface area is 165 Å². The lowest BCUT2D eigenvalue weighted by Crippen LogP contribution is -2.59. The second-order valence-corrected chi connectivity index (χ2v) is 8.46. The van der Waals surface area contributed by atoms with E-state index in [1.165, 1.54) is 16.7 Å². The van der Waals surface area contributed by atoms with Crippen molar-refractivity contribution in [1.82, 2.24) is 15.7 Å². The van der Waals surface area contributed by atoms with Crippen molar-refractivity contribution in [2.24, 2.45) is 11.3 Å². The van der Waals surface area contributed by atoms with Gasteiger partial charge in [0.25, 0.3) is 0 Å². The molecule has 150 valence electrons. The number of piperidine rings is 1. The molecule has 1 saturated carbocycles. The molecule has 0 bridgehead atoms. The van der Waals surface area contributed by atoms with Crippen LogP contribution in [-0.2, 0) is 16.0 Å². The Bertz CT molecular complexity index is 783. The van der Waals surface area contributed by atoms with E-state index >= 15 is 0 Å². The Morgan fingerprint density at radius 1 is 1.29 bits per heavy atom. The minimum Gasteiger partial charge on any atom is -0.337 e. The van der Waals surface area contributed by atoms with Crippen LogP contribution < -0.4 is 10.8 Å². The number of hydroxylamine groups is 1. The number of hydrogen-bond acceptors (Lipinski definition) is 4. The molecule has 1 aromatic rings. The first-order valence-electron chi connectivity index (χ1n) is 10.3. The predicted molar refractivity (Wildman–Crippen MR) is 106 cm³/mol. The van der Waals surface area contributed by atoms with Crippen molar-refractivity contribution < 1.29 is 14.8 Å². The summed E-state index contributed by atoms with van der Waals surface area (Å²) in [6, 6.07) is 8.07. The zero-order valence-electron chi connectivity index (χ0n) is 16.4. The number of carbonyl (C=O) groups is 2. The highest BCUT2D eigenvalue weighted by molar-refractivity contribution is 5.90. The highest BCUT2D eigenvalue weighted by Gasteiger charge is 2.52.